The molecule has 0 saturated heterocycles. The number of amides is 1. The van der Waals surface area contributed by atoms with Crippen LogP contribution in [0, 0.1) is 0 Å². The van der Waals surface area contributed by atoms with Crippen molar-refractivity contribution in [2.45, 2.75) is 25.5 Å². The molecule has 0 aliphatic rings. The summed E-state index contributed by atoms with van der Waals surface area (Å²) >= 11 is 4.67. The van der Waals surface area contributed by atoms with E-state index in [-0.39, 0.29) is 24.0 Å². The van der Waals surface area contributed by atoms with Crippen LogP contribution in [-0.2, 0) is 14.8 Å². The van der Waals surface area contributed by atoms with E-state index < -0.39 is 15.3 Å². The first-order valence-corrected chi connectivity index (χ1v) is 6.79. The molecule has 0 aromatic rings. The monoisotopic (exact) mass is 267 g/mol. The van der Waals surface area contributed by atoms with Gasteiger partial charge in [0.05, 0.1) is 4.99 Å². The van der Waals surface area contributed by atoms with Crippen molar-refractivity contribution in [3.05, 3.63) is 0 Å². The van der Waals surface area contributed by atoms with E-state index in [0.717, 1.165) is 0 Å². The molecule has 0 spiro atoms. The second kappa shape index (κ2) is 6.77. The fourth-order valence-electron chi connectivity index (χ4n) is 1.11. The molecule has 8 heteroatoms. The Kier molecular flexibility index (Phi) is 6.46. The Balaban J connectivity index is 4.24. The molecule has 0 bridgehead atoms. The third-order valence-corrected chi connectivity index (χ3v) is 4.24. The number of hydrogen-bond acceptors (Lipinski definition) is 4. The SMILES string of the molecule is CCC(C(N)=S)S(=O)(=O)NCCNC(C)=O. The quantitative estimate of drug-likeness (QED) is 0.410. The Hall–Kier alpha value is -0.730. The summed E-state index contributed by atoms with van der Waals surface area (Å²) in [5.41, 5.74) is 5.33. The van der Waals surface area contributed by atoms with Gasteiger partial charge >= 0.3 is 0 Å². The van der Waals surface area contributed by atoms with Gasteiger partial charge in [-0.25, -0.2) is 13.1 Å². The molecule has 1 unspecified atom stereocenters. The summed E-state index contributed by atoms with van der Waals surface area (Å²) in [5, 5.41) is 1.61. The van der Waals surface area contributed by atoms with Crippen molar-refractivity contribution in [3.8, 4) is 0 Å². The minimum Gasteiger partial charge on any atom is -0.392 e. The molecule has 0 saturated carbocycles. The van der Waals surface area contributed by atoms with E-state index in [1.165, 1.54) is 6.92 Å². The second-order valence-electron chi connectivity index (χ2n) is 3.22. The molecule has 0 aromatic heterocycles. The summed E-state index contributed by atoms with van der Waals surface area (Å²) in [5.74, 6) is -0.208. The van der Waals surface area contributed by atoms with Gasteiger partial charge in [-0.05, 0) is 6.42 Å². The lowest BCUT2D eigenvalue weighted by Gasteiger charge is -2.15. The highest BCUT2D eigenvalue weighted by atomic mass is 32.2. The molecule has 1 atom stereocenters. The molecular formula is C8H17N3O3S2. The van der Waals surface area contributed by atoms with Crippen molar-refractivity contribution in [1.82, 2.24) is 10.0 Å². The summed E-state index contributed by atoms with van der Waals surface area (Å²) in [6.07, 6.45) is 0.324. The molecule has 4 N–H and O–H groups in total. The van der Waals surface area contributed by atoms with Gasteiger partial charge in [0.25, 0.3) is 0 Å². The molecule has 0 aliphatic carbocycles. The fourth-order valence-corrected chi connectivity index (χ4v) is 2.99. The number of carbonyl (C=O) groups excluding carboxylic acids is 1. The molecule has 94 valence electrons. The minimum atomic E-state index is -3.54. The predicted octanol–water partition coefficient (Wildman–Crippen LogP) is -0.893. The standard InChI is InChI=1S/C8H17N3O3S2/c1-3-7(8(9)15)16(13,14)11-5-4-10-6(2)12/h7,11H,3-5H2,1-2H3,(H2,9,15)(H,10,12). The van der Waals surface area contributed by atoms with Crippen LogP contribution >= 0.6 is 12.2 Å². The summed E-state index contributed by atoms with van der Waals surface area (Å²) in [7, 11) is -3.54. The first-order chi connectivity index (χ1) is 7.31. The summed E-state index contributed by atoms with van der Waals surface area (Å²) in [6.45, 7) is 3.42. The molecule has 1 amide bonds. The molecule has 16 heavy (non-hydrogen) atoms. The molecule has 0 aromatic carbocycles. The number of sulfonamides is 1. The maximum Gasteiger partial charge on any atom is 0.221 e. The van der Waals surface area contributed by atoms with Gasteiger partial charge in [0, 0.05) is 20.0 Å². The third kappa shape index (κ3) is 5.38. The Bertz CT molecular complexity index is 354. The first kappa shape index (κ1) is 15.3. The van der Waals surface area contributed by atoms with Crippen LogP contribution in [0.5, 0.6) is 0 Å². The van der Waals surface area contributed by atoms with E-state index in [9.17, 15) is 13.2 Å². The Morgan fingerprint density at radius 1 is 1.44 bits per heavy atom. The van der Waals surface area contributed by atoms with Crippen LogP contribution in [0.2, 0.25) is 0 Å². The minimum absolute atomic E-state index is 0.0467. The lowest BCUT2D eigenvalue weighted by Crippen LogP contribution is -2.43. The van der Waals surface area contributed by atoms with E-state index >= 15 is 0 Å². The van der Waals surface area contributed by atoms with Gasteiger partial charge in [0.15, 0.2) is 0 Å². The number of thiocarbonyl (C=S) groups is 1. The van der Waals surface area contributed by atoms with Crippen LogP contribution in [-0.4, -0.2) is 37.7 Å². The summed E-state index contributed by atoms with van der Waals surface area (Å²) < 4.78 is 25.6. The van der Waals surface area contributed by atoms with Crippen LogP contribution < -0.4 is 15.8 Å². The number of carbonyl (C=O) groups is 1. The second-order valence-corrected chi connectivity index (χ2v) is 5.64. The molecule has 0 fully saturated rings. The van der Waals surface area contributed by atoms with Crippen molar-refractivity contribution in [2.75, 3.05) is 13.1 Å². The van der Waals surface area contributed by atoms with Gasteiger partial charge in [-0.2, -0.15) is 0 Å². The largest absolute Gasteiger partial charge is 0.392 e. The zero-order chi connectivity index (χ0) is 12.8. The van der Waals surface area contributed by atoms with E-state index in [1.807, 2.05) is 0 Å². The van der Waals surface area contributed by atoms with E-state index in [0.29, 0.717) is 6.42 Å². The molecule has 0 radical (unpaired) electrons. The van der Waals surface area contributed by atoms with Crippen molar-refractivity contribution >= 4 is 33.1 Å². The molecule has 0 aliphatic heterocycles. The van der Waals surface area contributed by atoms with E-state index in [2.05, 4.69) is 22.3 Å². The average Bonchev–Trinajstić information content (AvgIpc) is 2.12. The maximum absolute atomic E-state index is 11.7. The normalized spacial score (nSPS) is 13.1. The Morgan fingerprint density at radius 3 is 2.38 bits per heavy atom. The van der Waals surface area contributed by atoms with Crippen molar-refractivity contribution in [3.63, 3.8) is 0 Å². The highest BCUT2D eigenvalue weighted by molar-refractivity contribution is 7.93. The van der Waals surface area contributed by atoms with Crippen LogP contribution in [0.4, 0.5) is 0 Å². The fraction of sp³-hybridized carbons (Fsp3) is 0.750. The topological polar surface area (TPSA) is 101 Å². The van der Waals surface area contributed by atoms with E-state index in [1.54, 1.807) is 6.92 Å². The lowest BCUT2D eigenvalue weighted by molar-refractivity contribution is -0.118. The Labute approximate surface area is 101 Å². The Morgan fingerprint density at radius 2 is 2.00 bits per heavy atom. The van der Waals surface area contributed by atoms with Gasteiger partial charge in [-0.15, -0.1) is 0 Å². The van der Waals surface area contributed by atoms with Gasteiger partial charge < -0.3 is 11.1 Å². The summed E-state index contributed by atoms with van der Waals surface area (Å²) in [6, 6.07) is 0. The number of rotatable bonds is 7. The van der Waals surface area contributed by atoms with Gasteiger partial charge in [-0.3, -0.25) is 4.79 Å². The molecular weight excluding hydrogens is 250 g/mol. The molecule has 6 nitrogen and oxygen atoms in total. The lowest BCUT2D eigenvalue weighted by atomic mass is 10.3. The van der Waals surface area contributed by atoms with E-state index in [4.69, 9.17) is 5.73 Å². The zero-order valence-corrected chi connectivity index (χ0v) is 11.0. The van der Waals surface area contributed by atoms with Crippen molar-refractivity contribution in [1.29, 1.82) is 0 Å². The predicted molar refractivity (Wildman–Crippen MR) is 66.5 cm³/mol. The maximum atomic E-state index is 11.7. The number of nitrogens with one attached hydrogen (secondary N) is 2. The van der Waals surface area contributed by atoms with Gasteiger partial charge in [0.2, 0.25) is 15.9 Å². The van der Waals surface area contributed by atoms with Crippen LogP contribution in [0.1, 0.15) is 20.3 Å². The number of hydrogen-bond donors (Lipinski definition) is 3. The van der Waals surface area contributed by atoms with Gasteiger partial charge in [-0.1, -0.05) is 19.1 Å². The molecule has 0 rings (SSSR count). The van der Waals surface area contributed by atoms with Crippen LogP contribution in [0.25, 0.3) is 0 Å². The zero-order valence-electron chi connectivity index (χ0n) is 9.32. The van der Waals surface area contributed by atoms with Crippen LogP contribution in [0.15, 0.2) is 0 Å². The highest BCUT2D eigenvalue weighted by Crippen LogP contribution is 2.04. The van der Waals surface area contributed by atoms with Crippen molar-refractivity contribution in [2.24, 2.45) is 5.73 Å². The third-order valence-electron chi connectivity index (χ3n) is 1.86. The smallest absolute Gasteiger partial charge is 0.221 e. The first-order valence-electron chi connectivity index (χ1n) is 4.83. The van der Waals surface area contributed by atoms with Gasteiger partial charge in [0.1, 0.15) is 5.25 Å². The molecule has 0 heterocycles. The number of nitrogens with two attached hydrogens (primary N) is 1. The summed E-state index contributed by atoms with van der Waals surface area (Å²) in [4.78, 5) is 10.5. The van der Waals surface area contributed by atoms with Crippen molar-refractivity contribution < 1.29 is 13.2 Å². The van der Waals surface area contributed by atoms with Crippen LogP contribution in [0.3, 0.4) is 0 Å². The average molecular weight is 267 g/mol. The highest BCUT2D eigenvalue weighted by Gasteiger charge is 2.25.